The van der Waals surface area contributed by atoms with Gasteiger partial charge in [-0.05, 0) is 25.1 Å². The third kappa shape index (κ3) is 2.95. The summed E-state index contributed by atoms with van der Waals surface area (Å²) in [6.45, 7) is 1.68. The Labute approximate surface area is 110 Å². The Morgan fingerprint density at radius 1 is 1.26 bits per heavy atom. The number of aromatic hydroxyl groups is 1. The number of aliphatic imine (C=N–C) groups is 1. The number of phenolic OH excluding ortho intramolecular Hbond substituents is 1. The Kier molecular flexibility index (Phi) is 3.56. The van der Waals surface area contributed by atoms with Crippen molar-refractivity contribution in [2.75, 3.05) is 0 Å². The van der Waals surface area contributed by atoms with Gasteiger partial charge in [0.15, 0.2) is 0 Å². The maximum Gasteiger partial charge on any atom is 0.274 e. The topological polar surface area (TPSA) is 75.7 Å². The molecule has 0 saturated carbocycles. The van der Waals surface area contributed by atoms with E-state index < -0.39 is 4.92 Å². The maximum atomic E-state index is 10.8. The van der Waals surface area contributed by atoms with Gasteiger partial charge in [-0.1, -0.05) is 18.2 Å². The number of nitro benzene ring substituents is 1. The fraction of sp³-hybridized carbons (Fsp3) is 0.0714. The van der Waals surface area contributed by atoms with Crippen molar-refractivity contribution in [2.45, 2.75) is 6.92 Å². The molecule has 0 saturated heterocycles. The van der Waals surface area contributed by atoms with Crippen molar-refractivity contribution in [2.24, 2.45) is 4.99 Å². The van der Waals surface area contributed by atoms with Crippen LogP contribution in [0.1, 0.15) is 11.1 Å². The minimum atomic E-state index is -0.436. The first-order valence-electron chi connectivity index (χ1n) is 5.65. The van der Waals surface area contributed by atoms with E-state index in [0.717, 1.165) is 0 Å². The first-order chi connectivity index (χ1) is 9.08. The second kappa shape index (κ2) is 5.30. The molecule has 0 spiro atoms. The number of phenols is 1. The van der Waals surface area contributed by atoms with Gasteiger partial charge in [0.05, 0.1) is 10.6 Å². The maximum absolute atomic E-state index is 10.8. The van der Waals surface area contributed by atoms with Gasteiger partial charge in [0.2, 0.25) is 0 Å². The standard InChI is InChI=1S/C14H12N2O3/c1-10-6-7-12(8-13(10)16(18)19)15-9-11-4-2-3-5-14(11)17/h2-9,17H,1H3. The molecule has 0 aliphatic carbocycles. The number of nitro groups is 1. The highest BCUT2D eigenvalue weighted by atomic mass is 16.6. The Bertz CT molecular complexity index is 651. The van der Waals surface area contributed by atoms with E-state index in [0.29, 0.717) is 16.8 Å². The zero-order valence-corrected chi connectivity index (χ0v) is 10.3. The minimum Gasteiger partial charge on any atom is -0.507 e. The molecule has 0 bridgehead atoms. The van der Waals surface area contributed by atoms with Gasteiger partial charge in [0, 0.05) is 23.4 Å². The molecule has 0 fully saturated rings. The Morgan fingerprint density at radius 2 is 2.00 bits per heavy atom. The monoisotopic (exact) mass is 256 g/mol. The van der Waals surface area contributed by atoms with E-state index in [4.69, 9.17) is 0 Å². The van der Waals surface area contributed by atoms with E-state index in [-0.39, 0.29) is 11.4 Å². The molecule has 19 heavy (non-hydrogen) atoms. The van der Waals surface area contributed by atoms with Gasteiger partial charge in [0.25, 0.3) is 5.69 Å². The molecular formula is C14H12N2O3. The summed E-state index contributed by atoms with van der Waals surface area (Å²) in [5.74, 6) is 0.118. The highest BCUT2D eigenvalue weighted by Gasteiger charge is 2.10. The van der Waals surface area contributed by atoms with E-state index in [9.17, 15) is 15.2 Å². The van der Waals surface area contributed by atoms with Crippen molar-refractivity contribution < 1.29 is 10.0 Å². The van der Waals surface area contributed by atoms with Crippen molar-refractivity contribution in [1.29, 1.82) is 0 Å². The number of para-hydroxylation sites is 1. The van der Waals surface area contributed by atoms with Crippen LogP contribution in [-0.4, -0.2) is 16.2 Å². The van der Waals surface area contributed by atoms with Crippen LogP contribution in [0, 0.1) is 17.0 Å². The van der Waals surface area contributed by atoms with Crippen LogP contribution in [0.5, 0.6) is 5.75 Å². The number of nitrogens with zero attached hydrogens (tertiary/aromatic N) is 2. The first kappa shape index (κ1) is 12.8. The van der Waals surface area contributed by atoms with Crippen LogP contribution in [0.15, 0.2) is 47.5 Å². The average Bonchev–Trinajstić information content (AvgIpc) is 2.39. The van der Waals surface area contributed by atoms with E-state index in [2.05, 4.69) is 4.99 Å². The molecule has 0 aliphatic rings. The summed E-state index contributed by atoms with van der Waals surface area (Å²) in [7, 11) is 0. The largest absolute Gasteiger partial charge is 0.507 e. The molecule has 5 heteroatoms. The number of hydrogen-bond donors (Lipinski definition) is 1. The molecule has 0 heterocycles. The summed E-state index contributed by atoms with van der Waals surface area (Å²) in [6.07, 6.45) is 1.48. The van der Waals surface area contributed by atoms with E-state index in [1.807, 2.05) is 0 Å². The van der Waals surface area contributed by atoms with Crippen molar-refractivity contribution in [1.82, 2.24) is 0 Å². The van der Waals surface area contributed by atoms with Crippen LogP contribution >= 0.6 is 0 Å². The summed E-state index contributed by atoms with van der Waals surface area (Å²) in [5, 5.41) is 20.4. The van der Waals surface area contributed by atoms with E-state index in [1.165, 1.54) is 12.3 Å². The minimum absolute atomic E-state index is 0.0342. The van der Waals surface area contributed by atoms with Crippen LogP contribution in [0.25, 0.3) is 0 Å². The molecule has 1 N–H and O–H groups in total. The number of hydrogen-bond acceptors (Lipinski definition) is 4. The fourth-order valence-corrected chi connectivity index (χ4v) is 1.62. The highest BCUT2D eigenvalue weighted by Crippen LogP contribution is 2.24. The summed E-state index contributed by atoms with van der Waals surface area (Å²) >= 11 is 0. The third-order valence-electron chi connectivity index (χ3n) is 2.68. The van der Waals surface area contributed by atoms with Gasteiger partial charge in [-0.3, -0.25) is 15.1 Å². The molecule has 0 atom stereocenters. The van der Waals surface area contributed by atoms with Gasteiger partial charge in [-0.15, -0.1) is 0 Å². The second-order valence-electron chi connectivity index (χ2n) is 4.04. The molecule has 2 rings (SSSR count). The van der Waals surface area contributed by atoms with Crippen LogP contribution < -0.4 is 0 Å². The zero-order chi connectivity index (χ0) is 13.8. The number of aryl methyl sites for hydroxylation is 1. The van der Waals surface area contributed by atoms with Crippen LogP contribution in [-0.2, 0) is 0 Å². The van der Waals surface area contributed by atoms with Crippen LogP contribution in [0.4, 0.5) is 11.4 Å². The lowest BCUT2D eigenvalue weighted by molar-refractivity contribution is -0.385. The van der Waals surface area contributed by atoms with Gasteiger partial charge < -0.3 is 5.11 Å². The lowest BCUT2D eigenvalue weighted by atomic mass is 10.2. The number of rotatable bonds is 3. The molecule has 2 aromatic carbocycles. The smallest absolute Gasteiger partial charge is 0.274 e. The summed E-state index contributed by atoms with van der Waals surface area (Å²) in [4.78, 5) is 14.5. The molecule has 0 unspecified atom stereocenters. The fourth-order valence-electron chi connectivity index (χ4n) is 1.62. The Balaban J connectivity index is 2.32. The lowest BCUT2D eigenvalue weighted by Crippen LogP contribution is -1.90. The molecular weight excluding hydrogens is 244 g/mol. The Hall–Kier alpha value is -2.69. The van der Waals surface area contributed by atoms with Crippen molar-refractivity contribution in [3.05, 3.63) is 63.7 Å². The molecule has 2 aromatic rings. The molecule has 0 aromatic heterocycles. The average molecular weight is 256 g/mol. The summed E-state index contributed by atoms with van der Waals surface area (Å²) < 4.78 is 0. The predicted molar refractivity (Wildman–Crippen MR) is 73.2 cm³/mol. The zero-order valence-electron chi connectivity index (χ0n) is 10.3. The van der Waals surface area contributed by atoms with Gasteiger partial charge >= 0.3 is 0 Å². The summed E-state index contributed by atoms with van der Waals surface area (Å²) in [6, 6.07) is 11.5. The van der Waals surface area contributed by atoms with Crippen LogP contribution in [0.3, 0.4) is 0 Å². The van der Waals surface area contributed by atoms with Crippen molar-refractivity contribution >= 4 is 17.6 Å². The molecule has 0 radical (unpaired) electrons. The van der Waals surface area contributed by atoms with Crippen molar-refractivity contribution in [3.63, 3.8) is 0 Å². The van der Waals surface area contributed by atoms with Crippen LogP contribution in [0.2, 0.25) is 0 Å². The lowest BCUT2D eigenvalue weighted by Gasteiger charge is -1.99. The molecule has 0 amide bonds. The third-order valence-corrected chi connectivity index (χ3v) is 2.68. The SMILES string of the molecule is Cc1ccc(N=Cc2ccccc2O)cc1[N+](=O)[O-]. The van der Waals surface area contributed by atoms with Gasteiger partial charge in [-0.25, -0.2) is 0 Å². The number of benzene rings is 2. The first-order valence-corrected chi connectivity index (χ1v) is 5.65. The van der Waals surface area contributed by atoms with Crippen molar-refractivity contribution in [3.8, 4) is 5.75 Å². The van der Waals surface area contributed by atoms with Gasteiger partial charge in [-0.2, -0.15) is 0 Å². The predicted octanol–water partition coefficient (Wildman–Crippen LogP) is 3.36. The highest BCUT2D eigenvalue weighted by molar-refractivity contribution is 5.85. The normalized spacial score (nSPS) is 10.8. The molecule has 0 aliphatic heterocycles. The quantitative estimate of drug-likeness (QED) is 0.519. The second-order valence-corrected chi connectivity index (χ2v) is 4.04. The molecule has 5 nitrogen and oxygen atoms in total. The van der Waals surface area contributed by atoms with E-state index in [1.54, 1.807) is 43.3 Å². The van der Waals surface area contributed by atoms with Gasteiger partial charge in [0.1, 0.15) is 5.75 Å². The summed E-state index contributed by atoms with van der Waals surface area (Å²) in [5.41, 5.74) is 1.66. The Morgan fingerprint density at radius 3 is 2.68 bits per heavy atom. The molecule has 96 valence electrons. The van der Waals surface area contributed by atoms with E-state index >= 15 is 0 Å².